The molecule has 0 spiro atoms. The maximum Gasteiger partial charge on any atom is 0.238 e. The molecule has 0 aliphatic rings. The van der Waals surface area contributed by atoms with Crippen molar-refractivity contribution < 1.29 is 18.7 Å². The van der Waals surface area contributed by atoms with Crippen LogP contribution in [0.3, 0.4) is 0 Å². The zero-order valence-corrected chi connectivity index (χ0v) is 26.4. The van der Waals surface area contributed by atoms with Crippen LogP contribution in [0.5, 0.6) is 11.5 Å². The number of nitrogens with one attached hydrogen (secondary N) is 1. The first-order valence-corrected chi connectivity index (χ1v) is 14.1. The summed E-state index contributed by atoms with van der Waals surface area (Å²) < 4.78 is 29.5. The zero-order valence-electron chi connectivity index (χ0n) is 24.9. The van der Waals surface area contributed by atoms with E-state index in [0.717, 1.165) is 0 Å². The third-order valence-corrected chi connectivity index (χ3v) is 6.35. The van der Waals surface area contributed by atoms with E-state index < -0.39 is 11.9 Å². The molecule has 0 unspecified atom stereocenters. The molecule has 0 saturated heterocycles. The van der Waals surface area contributed by atoms with Gasteiger partial charge in [-0.25, -0.2) is 15.0 Å². The smallest absolute Gasteiger partial charge is 0.238 e. The molecule has 0 radical (unpaired) electrons. The van der Waals surface area contributed by atoms with Crippen molar-refractivity contribution in [2.45, 2.75) is 34.1 Å². The van der Waals surface area contributed by atoms with Gasteiger partial charge in [-0.05, 0) is 18.2 Å². The number of imidazole rings is 1. The van der Waals surface area contributed by atoms with E-state index in [1.54, 1.807) is 42.5 Å². The minimum absolute atomic E-state index is 0.0221. The van der Waals surface area contributed by atoms with Crippen LogP contribution in [0.1, 0.15) is 33.4 Å². The van der Waals surface area contributed by atoms with Gasteiger partial charge in [-0.3, -0.25) is 13.9 Å². The van der Waals surface area contributed by atoms with Crippen LogP contribution < -0.4 is 20.5 Å². The maximum absolute atomic E-state index is 15.8. The lowest BCUT2D eigenvalue weighted by atomic mass is 10.1. The number of anilines is 2. The molecule has 0 fully saturated rings. The van der Waals surface area contributed by atoms with Gasteiger partial charge >= 0.3 is 0 Å². The monoisotopic (exact) mass is 630 g/mol. The van der Waals surface area contributed by atoms with Crippen LogP contribution in [-0.2, 0) is 18.3 Å². The van der Waals surface area contributed by atoms with E-state index in [9.17, 15) is 4.79 Å². The summed E-state index contributed by atoms with van der Waals surface area (Å²) in [5.74, 6) is -0.446. The van der Waals surface area contributed by atoms with Gasteiger partial charge in [-0.2, -0.15) is 9.49 Å². The minimum Gasteiger partial charge on any atom is -0.493 e. The number of carbonyl (C=O) groups excluding carboxylic acids is 1. The number of aromatic nitrogens is 6. The number of carbonyl (C=O) groups is 1. The standard InChI is InChI=1S/C25H21Cl2FN8O3.2C2H6/c1-35-10-12(9-30-35)21-25-31-13(6-20(37)32-16-4-5-19(27)33-24(16)29)11-36(25)22(23(28)34-21)14-7-17(38-2)18(39-3)8-15(14)26;2*1-2/h4-5,7-11H,6H2,1-3H3,(H2,29,33)(H,32,37);2*1-2H3. The number of benzene rings is 1. The number of halogens is 3. The molecule has 0 bridgehead atoms. The topological polar surface area (TPSA) is 134 Å². The number of ether oxygens (including phenoxy) is 2. The van der Waals surface area contributed by atoms with Crippen molar-refractivity contribution in [1.29, 1.82) is 0 Å². The second-order valence-electron chi connectivity index (χ2n) is 8.41. The average molecular weight is 632 g/mol. The molecule has 5 rings (SSSR count). The van der Waals surface area contributed by atoms with E-state index in [-0.39, 0.29) is 39.4 Å². The average Bonchev–Trinajstić information content (AvgIpc) is 3.62. The molecule has 0 aliphatic heterocycles. The van der Waals surface area contributed by atoms with Crippen molar-refractivity contribution >= 4 is 46.3 Å². The van der Waals surface area contributed by atoms with Gasteiger partial charge in [0.05, 0.1) is 43.2 Å². The Hall–Kier alpha value is -4.42. The number of nitrogens with two attached hydrogens (primary N) is 1. The molecule has 5 aromatic rings. The van der Waals surface area contributed by atoms with E-state index >= 15 is 4.39 Å². The lowest BCUT2D eigenvalue weighted by Gasteiger charge is -2.14. The van der Waals surface area contributed by atoms with Gasteiger partial charge in [0, 0.05) is 36.6 Å². The molecule has 14 heteroatoms. The molecular weight excluding hydrogens is 598 g/mol. The van der Waals surface area contributed by atoms with Gasteiger partial charge in [0.2, 0.25) is 11.9 Å². The number of fused-ring (bicyclic) bond motifs is 1. The van der Waals surface area contributed by atoms with Crippen LogP contribution in [-0.4, -0.2) is 49.3 Å². The highest BCUT2D eigenvalue weighted by molar-refractivity contribution is 6.33. The molecule has 11 nitrogen and oxygen atoms in total. The third-order valence-electron chi connectivity index (χ3n) is 5.83. The third kappa shape index (κ3) is 7.15. The van der Waals surface area contributed by atoms with Gasteiger partial charge in [0.25, 0.3) is 0 Å². The van der Waals surface area contributed by atoms with E-state index in [4.69, 9.17) is 38.4 Å². The van der Waals surface area contributed by atoms with Crippen LogP contribution in [0.25, 0.3) is 28.2 Å². The van der Waals surface area contributed by atoms with Gasteiger partial charge in [0.15, 0.2) is 17.1 Å². The first-order chi connectivity index (χ1) is 20.7. The Morgan fingerprint density at radius 3 is 2.30 bits per heavy atom. The van der Waals surface area contributed by atoms with E-state index in [0.29, 0.717) is 34.1 Å². The fourth-order valence-electron chi connectivity index (χ4n) is 4.08. The van der Waals surface area contributed by atoms with Crippen molar-refractivity contribution in [2.75, 3.05) is 25.3 Å². The predicted molar refractivity (Wildman–Crippen MR) is 167 cm³/mol. The Bertz CT molecular complexity index is 1740. The number of nitrogens with zero attached hydrogens (tertiary/aromatic N) is 6. The minimum atomic E-state index is -0.816. The number of amides is 1. The summed E-state index contributed by atoms with van der Waals surface area (Å²) in [6.07, 6.45) is 4.62. The number of rotatable bonds is 7. The summed E-state index contributed by atoms with van der Waals surface area (Å²) in [5, 5.41) is 7.24. The molecule has 4 aromatic heterocycles. The van der Waals surface area contributed by atoms with Crippen molar-refractivity contribution in [2.24, 2.45) is 7.05 Å². The van der Waals surface area contributed by atoms with Crippen molar-refractivity contribution in [1.82, 2.24) is 29.1 Å². The first-order valence-electron chi connectivity index (χ1n) is 13.4. The molecule has 1 aromatic carbocycles. The van der Waals surface area contributed by atoms with E-state index in [1.807, 2.05) is 27.7 Å². The molecular formula is C29H33Cl2FN8O3. The Kier molecular flexibility index (Phi) is 11.3. The Morgan fingerprint density at radius 1 is 1.02 bits per heavy atom. The summed E-state index contributed by atoms with van der Waals surface area (Å²) in [7, 11) is 4.66. The molecule has 0 atom stereocenters. The van der Waals surface area contributed by atoms with Gasteiger partial charge in [0.1, 0.15) is 22.4 Å². The number of hydrogen-bond donors (Lipinski definition) is 2. The quantitative estimate of drug-likeness (QED) is 0.195. The predicted octanol–water partition coefficient (Wildman–Crippen LogP) is 6.47. The number of pyridine rings is 1. The van der Waals surface area contributed by atoms with Crippen LogP contribution in [0.15, 0.2) is 42.9 Å². The highest BCUT2D eigenvalue weighted by atomic mass is 35.5. The highest BCUT2D eigenvalue weighted by Crippen LogP contribution is 2.40. The fraction of sp³-hybridized carbons (Fsp3) is 0.276. The summed E-state index contributed by atoms with van der Waals surface area (Å²) in [5.41, 5.74) is 7.86. The van der Waals surface area contributed by atoms with E-state index in [1.165, 1.54) is 30.8 Å². The van der Waals surface area contributed by atoms with Gasteiger partial charge < -0.3 is 20.5 Å². The maximum atomic E-state index is 15.8. The Morgan fingerprint density at radius 2 is 1.70 bits per heavy atom. The van der Waals surface area contributed by atoms with Crippen LogP contribution >= 0.6 is 23.2 Å². The largest absolute Gasteiger partial charge is 0.493 e. The van der Waals surface area contributed by atoms with Crippen molar-refractivity contribution in [3.63, 3.8) is 0 Å². The number of hydrogen-bond acceptors (Lipinski definition) is 8. The molecule has 228 valence electrons. The molecule has 0 aliphatic carbocycles. The molecule has 3 N–H and O–H groups in total. The van der Waals surface area contributed by atoms with Gasteiger partial charge in [-0.1, -0.05) is 50.9 Å². The second-order valence-corrected chi connectivity index (χ2v) is 9.20. The molecule has 43 heavy (non-hydrogen) atoms. The number of methoxy groups -OCH3 is 2. The normalized spacial score (nSPS) is 10.4. The SMILES string of the molecule is CC.CC.COc1cc(Cl)c(-c2c(F)nc(-c3cnn(C)c3)c3nc(CC(=O)Nc4ccc(Cl)nc4N)cn23)cc1OC. The van der Waals surface area contributed by atoms with Crippen molar-refractivity contribution in [3.8, 4) is 34.0 Å². The second kappa shape index (κ2) is 14.7. The Labute approximate surface area is 258 Å². The number of nitrogen functional groups attached to an aromatic ring is 1. The number of aryl methyl sites for hydroxylation is 1. The Balaban J connectivity index is 0.00000121. The van der Waals surface area contributed by atoms with E-state index in [2.05, 4.69) is 25.4 Å². The fourth-order valence-corrected chi connectivity index (χ4v) is 4.48. The first kappa shape index (κ1) is 33.1. The zero-order chi connectivity index (χ0) is 31.8. The van der Waals surface area contributed by atoms with Gasteiger partial charge in [-0.15, -0.1) is 0 Å². The summed E-state index contributed by atoms with van der Waals surface area (Å²) in [4.78, 5) is 25.6. The van der Waals surface area contributed by atoms with Crippen LogP contribution in [0.2, 0.25) is 10.2 Å². The lowest BCUT2D eigenvalue weighted by molar-refractivity contribution is -0.115. The lowest BCUT2D eigenvalue weighted by Crippen LogP contribution is -2.16. The van der Waals surface area contributed by atoms with Crippen LogP contribution in [0.4, 0.5) is 15.9 Å². The summed E-state index contributed by atoms with van der Waals surface area (Å²) >= 11 is 12.4. The van der Waals surface area contributed by atoms with Crippen molar-refractivity contribution in [3.05, 3.63) is 64.7 Å². The van der Waals surface area contributed by atoms with Crippen LogP contribution in [0, 0.1) is 5.95 Å². The summed E-state index contributed by atoms with van der Waals surface area (Å²) in [6.45, 7) is 8.00. The highest BCUT2D eigenvalue weighted by Gasteiger charge is 2.24. The molecule has 0 saturated carbocycles. The molecule has 1 amide bonds. The summed E-state index contributed by atoms with van der Waals surface area (Å²) in [6, 6.07) is 6.12. The molecule has 4 heterocycles.